The zero-order chi connectivity index (χ0) is 27.9. The first-order chi connectivity index (χ1) is 18.5. The number of guanidine groups is 1. The number of amides is 2. The van der Waals surface area contributed by atoms with Gasteiger partial charge in [-0.3, -0.25) is 9.59 Å². The molecular formula is C27H32ClN5O5S. The number of piperidine rings is 1. The monoisotopic (exact) mass is 573 g/mol. The lowest BCUT2D eigenvalue weighted by Gasteiger charge is -2.30. The Morgan fingerprint density at radius 2 is 1.82 bits per heavy atom. The fraction of sp³-hybridized carbons (Fsp3) is 0.444. The number of nitrogens with two attached hydrogens (primary N) is 2. The zero-order valence-electron chi connectivity index (χ0n) is 21.8. The molecule has 1 saturated heterocycles. The van der Waals surface area contributed by atoms with Crippen LogP contribution in [0.15, 0.2) is 34.2 Å². The van der Waals surface area contributed by atoms with Crippen LogP contribution in [0.5, 0.6) is 11.5 Å². The molecule has 4 N–H and O–H groups in total. The summed E-state index contributed by atoms with van der Waals surface area (Å²) in [4.78, 5) is 33.2. The largest absolute Gasteiger partial charge is 0.454 e. The molecule has 0 atom stereocenters. The predicted octanol–water partition coefficient (Wildman–Crippen LogP) is 3.37. The van der Waals surface area contributed by atoms with Crippen molar-refractivity contribution in [3.05, 3.63) is 46.0 Å². The molecule has 0 bridgehead atoms. The Labute approximate surface area is 232 Å². The van der Waals surface area contributed by atoms with E-state index in [1.807, 2.05) is 0 Å². The number of rotatable bonds is 6. The Balaban J connectivity index is 1.51. The quantitative estimate of drug-likeness (QED) is 0.395. The number of likely N-dealkylation sites (tertiary alicyclic amines) is 1. The van der Waals surface area contributed by atoms with Crippen molar-refractivity contribution < 1.29 is 22.7 Å². The number of carbonyl (C=O) groups is 2. The van der Waals surface area contributed by atoms with Gasteiger partial charge in [-0.2, -0.15) is 4.99 Å². The second kappa shape index (κ2) is 10.8. The summed E-state index contributed by atoms with van der Waals surface area (Å²) in [6, 6.07) is 6.03. The number of aliphatic imine (C=N–C) groups is 1. The van der Waals surface area contributed by atoms with E-state index >= 15 is 0 Å². The summed E-state index contributed by atoms with van der Waals surface area (Å²) in [5, 5.41) is 0.206. The lowest BCUT2D eigenvalue weighted by atomic mass is 10.1. The van der Waals surface area contributed by atoms with Gasteiger partial charge >= 0.3 is 0 Å². The maximum atomic E-state index is 13.6. The summed E-state index contributed by atoms with van der Waals surface area (Å²) in [5.41, 5.74) is 12.0. The Morgan fingerprint density at radius 1 is 1.10 bits per heavy atom. The van der Waals surface area contributed by atoms with Crippen molar-refractivity contribution >= 4 is 44.9 Å². The van der Waals surface area contributed by atoms with E-state index in [1.54, 1.807) is 24.0 Å². The number of fused-ring (bicyclic) bond motifs is 2. The molecule has 2 amide bonds. The molecule has 2 aromatic carbocycles. The van der Waals surface area contributed by atoms with Crippen molar-refractivity contribution in [3.8, 4) is 11.5 Å². The molecule has 2 fully saturated rings. The van der Waals surface area contributed by atoms with Crippen molar-refractivity contribution in [2.24, 2.45) is 22.4 Å². The lowest BCUT2D eigenvalue weighted by Crippen LogP contribution is -2.41. The first kappa shape index (κ1) is 27.4. The van der Waals surface area contributed by atoms with E-state index in [2.05, 4.69) is 9.89 Å². The summed E-state index contributed by atoms with van der Waals surface area (Å²) in [6.07, 6.45) is 5.22. The van der Waals surface area contributed by atoms with Gasteiger partial charge in [0.05, 0.1) is 10.8 Å². The van der Waals surface area contributed by atoms with Gasteiger partial charge in [-0.1, -0.05) is 18.0 Å². The number of sulfone groups is 1. The van der Waals surface area contributed by atoms with E-state index in [0.29, 0.717) is 23.4 Å². The molecule has 0 unspecified atom stereocenters. The molecule has 0 radical (unpaired) electrons. The molecule has 2 aliphatic heterocycles. The van der Waals surface area contributed by atoms with Crippen LogP contribution < -0.4 is 21.1 Å². The standard InChI is InChI=1S/C27H32ClN5O5S/c1-16-11-18(25(34)31-27(29)30)13-22-23(16)38-24-19(15-39(22,36)37)12-20(14-21(24)28)33(26(35)17-5-6-17)10-9-32-7-3-2-4-8-32/h11-14,17H,2-10,15H2,1H3,(H4,29,30,31,34). The minimum Gasteiger partial charge on any atom is -0.454 e. The normalized spacial score (nSPS) is 18.2. The second-order valence-electron chi connectivity index (χ2n) is 10.4. The summed E-state index contributed by atoms with van der Waals surface area (Å²) in [5.74, 6) is -1.30. The molecule has 2 heterocycles. The fourth-order valence-electron chi connectivity index (χ4n) is 5.15. The van der Waals surface area contributed by atoms with Crippen molar-refractivity contribution in [1.82, 2.24) is 4.90 Å². The van der Waals surface area contributed by atoms with Crippen LogP contribution >= 0.6 is 11.6 Å². The summed E-state index contributed by atoms with van der Waals surface area (Å²) < 4.78 is 33.3. The van der Waals surface area contributed by atoms with E-state index in [-0.39, 0.29) is 38.8 Å². The fourth-order valence-corrected chi connectivity index (χ4v) is 6.99. The molecular weight excluding hydrogens is 542 g/mol. The van der Waals surface area contributed by atoms with Crippen LogP contribution in [0.4, 0.5) is 5.69 Å². The lowest BCUT2D eigenvalue weighted by molar-refractivity contribution is -0.119. The summed E-state index contributed by atoms with van der Waals surface area (Å²) >= 11 is 6.70. The molecule has 208 valence electrons. The molecule has 2 aromatic rings. The van der Waals surface area contributed by atoms with Crippen LogP contribution in [0, 0.1) is 12.8 Å². The number of carbonyl (C=O) groups excluding carboxylic acids is 2. The number of benzene rings is 2. The Bertz CT molecular complexity index is 1460. The molecule has 12 heteroatoms. The molecule has 1 saturated carbocycles. The van der Waals surface area contributed by atoms with E-state index < -0.39 is 27.5 Å². The third-order valence-corrected chi connectivity index (χ3v) is 9.25. The van der Waals surface area contributed by atoms with Crippen LogP contribution in [0.3, 0.4) is 0 Å². The van der Waals surface area contributed by atoms with E-state index in [4.69, 9.17) is 27.8 Å². The van der Waals surface area contributed by atoms with Gasteiger partial charge in [-0.25, -0.2) is 8.42 Å². The molecule has 3 aliphatic rings. The molecule has 5 rings (SSSR count). The number of aryl methyl sites for hydroxylation is 1. The highest BCUT2D eigenvalue weighted by Crippen LogP contribution is 2.45. The van der Waals surface area contributed by atoms with Gasteiger partial charge in [0.2, 0.25) is 5.91 Å². The number of ether oxygens (including phenoxy) is 1. The highest BCUT2D eigenvalue weighted by Gasteiger charge is 2.36. The van der Waals surface area contributed by atoms with Crippen LogP contribution in [0.2, 0.25) is 5.02 Å². The number of halogens is 1. The van der Waals surface area contributed by atoms with Crippen LogP contribution in [-0.4, -0.2) is 57.3 Å². The summed E-state index contributed by atoms with van der Waals surface area (Å²) in [7, 11) is -3.97. The highest BCUT2D eigenvalue weighted by molar-refractivity contribution is 7.90. The van der Waals surface area contributed by atoms with E-state index in [9.17, 15) is 18.0 Å². The number of hydrogen-bond acceptors (Lipinski definition) is 6. The second-order valence-corrected chi connectivity index (χ2v) is 12.8. The Morgan fingerprint density at radius 3 is 2.49 bits per heavy atom. The zero-order valence-corrected chi connectivity index (χ0v) is 23.4. The average molecular weight is 574 g/mol. The van der Waals surface area contributed by atoms with Gasteiger partial charge < -0.3 is 26.0 Å². The summed E-state index contributed by atoms with van der Waals surface area (Å²) in [6.45, 7) is 4.87. The number of hydrogen-bond donors (Lipinski definition) is 2. The van der Waals surface area contributed by atoms with Crippen molar-refractivity contribution in [1.29, 1.82) is 0 Å². The van der Waals surface area contributed by atoms with E-state index in [1.165, 1.54) is 18.6 Å². The maximum absolute atomic E-state index is 13.6. The van der Waals surface area contributed by atoms with Crippen LogP contribution in [0.25, 0.3) is 0 Å². The van der Waals surface area contributed by atoms with Gasteiger partial charge in [0.1, 0.15) is 16.4 Å². The number of anilines is 1. The van der Waals surface area contributed by atoms with Crippen LogP contribution in [0.1, 0.15) is 53.6 Å². The minimum absolute atomic E-state index is 0.0167. The molecule has 39 heavy (non-hydrogen) atoms. The van der Waals surface area contributed by atoms with Gasteiger partial charge in [-0.05, 0) is 75.5 Å². The molecule has 1 aliphatic carbocycles. The molecule has 10 nitrogen and oxygen atoms in total. The smallest absolute Gasteiger partial charge is 0.280 e. The first-order valence-corrected chi connectivity index (χ1v) is 15.1. The Kier molecular flexibility index (Phi) is 7.58. The van der Waals surface area contributed by atoms with Gasteiger partial charge in [0.15, 0.2) is 15.8 Å². The Hall–Kier alpha value is -3.15. The van der Waals surface area contributed by atoms with Crippen molar-refractivity contribution in [2.75, 3.05) is 31.1 Å². The maximum Gasteiger partial charge on any atom is 0.280 e. The molecule has 0 spiro atoms. The van der Waals surface area contributed by atoms with Gasteiger partial charge in [0, 0.05) is 35.8 Å². The average Bonchev–Trinajstić information content (AvgIpc) is 3.72. The van der Waals surface area contributed by atoms with E-state index in [0.717, 1.165) is 45.3 Å². The predicted molar refractivity (Wildman–Crippen MR) is 149 cm³/mol. The van der Waals surface area contributed by atoms with Gasteiger partial charge in [-0.15, -0.1) is 0 Å². The minimum atomic E-state index is -3.97. The van der Waals surface area contributed by atoms with Crippen molar-refractivity contribution in [3.63, 3.8) is 0 Å². The van der Waals surface area contributed by atoms with Gasteiger partial charge in [0.25, 0.3) is 5.91 Å². The number of nitrogens with zero attached hydrogens (tertiary/aromatic N) is 3. The molecule has 0 aromatic heterocycles. The topological polar surface area (TPSA) is 148 Å². The van der Waals surface area contributed by atoms with Crippen molar-refractivity contribution in [2.45, 2.75) is 49.7 Å². The highest BCUT2D eigenvalue weighted by atomic mass is 35.5. The first-order valence-electron chi connectivity index (χ1n) is 13.1. The SMILES string of the molecule is Cc1cc(C(=O)N=C(N)N)cc2c1Oc1c(Cl)cc(N(CCN3CCCCC3)C(=O)C3CC3)cc1CS2(=O)=O. The third kappa shape index (κ3) is 5.90. The van der Waals surface area contributed by atoms with Crippen LogP contribution in [-0.2, 0) is 20.4 Å². The third-order valence-electron chi connectivity index (χ3n) is 7.30.